The highest BCUT2D eigenvalue weighted by Crippen LogP contribution is 2.29. The van der Waals surface area contributed by atoms with Gasteiger partial charge in [-0.3, -0.25) is 0 Å². The van der Waals surface area contributed by atoms with Crippen molar-refractivity contribution in [2.24, 2.45) is 5.92 Å². The summed E-state index contributed by atoms with van der Waals surface area (Å²) >= 11 is 0. The first-order valence-corrected chi connectivity index (χ1v) is 16.6. The normalized spacial score (nSPS) is 13.6. The first-order chi connectivity index (χ1) is 20.7. The summed E-state index contributed by atoms with van der Waals surface area (Å²) in [6.07, 6.45) is 27.2. The first kappa shape index (κ1) is 42.0. The summed E-state index contributed by atoms with van der Waals surface area (Å²) in [5.41, 5.74) is 11.8. The Morgan fingerprint density at radius 3 is 2.21 bits per heavy atom. The molecule has 0 fully saturated rings. The van der Waals surface area contributed by atoms with E-state index >= 15 is 0 Å². The molecule has 0 N–H and O–H groups in total. The largest absolute Gasteiger partial charge is 0.106 e. The molecule has 0 bridgehead atoms. The molecule has 0 aliphatic rings. The Bertz CT molecular complexity index is 1120. The molecule has 0 aromatic heterocycles. The first-order valence-electron chi connectivity index (χ1n) is 16.6. The van der Waals surface area contributed by atoms with E-state index in [1.54, 1.807) is 0 Å². The maximum absolute atomic E-state index is 4.30. The van der Waals surface area contributed by atoms with E-state index in [0.29, 0.717) is 5.92 Å². The molecule has 0 spiro atoms. The van der Waals surface area contributed by atoms with Crippen molar-refractivity contribution in [1.29, 1.82) is 0 Å². The van der Waals surface area contributed by atoms with Crippen LogP contribution in [-0.2, 0) is 6.42 Å². The van der Waals surface area contributed by atoms with Gasteiger partial charge in [0.25, 0.3) is 0 Å². The molecule has 0 aliphatic carbocycles. The highest BCUT2D eigenvalue weighted by atomic mass is 14.1. The minimum atomic E-state index is 0.513. The molecule has 1 unspecified atom stereocenters. The van der Waals surface area contributed by atoms with Crippen molar-refractivity contribution in [3.05, 3.63) is 138 Å². The summed E-state index contributed by atoms with van der Waals surface area (Å²) in [4.78, 5) is 0. The fourth-order valence-corrected chi connectivity index (χ4v) is 4.72. The number of rotatable bonds is 17. The predicted octanol–water partition coefficient (Wildman–Crippen LogP) is 14.2. The van der Waals surface area contributed by atoms with Crippen molar-refractivity contribution in [2.45, 2.75) is 121 Å². The lowest BCUT2D eigenvalue weighted by Gasteiger charge is -2.15. The average molecular weight is 583 g/mol. The van der Waals surface area contributed by atoms with Crippen molar-refractivity contribution in [3.63, 3.8) is 0 Å². The zero-order valence-electron chi connectivity index (χ0n) is 29.9. The lowest BCUT2D eigenvalue weighted by atomic mass is 9.90. The van der Waals surface area contributed by atoms with E-state index in [0.717, 1.165) is 31.3 Å². The van der Waals surface area contributed by atoms with Crippen molar-refractivity contribution in [1.82, 2.24) is 0 Å². The van der Waals surface area contributed by atoms with Gasteiger partial charge in [-0.15, -0.1) is 13.2 Å². The second-order valence-electron chi connectivity index (χ2n) is 11.1. The molecular weight excluding hydrogens is 516 g/mol. The van der Waals surface area contributed by atoms with Crippen molar-refractivity contribution >= 4 is 5.57 Å². The SMILES string of the molecule is C=C.C=C/C(C)=C(CCCCC)\C(C)=C/Cc1cccc(/C(=C/C=C\CC(C)/C=C\C(C)=C/CCC)C(=C)C)c1C.CC. The standard InChI is InChI=1S/C39H56.C2H6.C2H4/c1-11-14-16-24-38(33(8)13-3)34(9)28-29-36-22-19-25-39(35(36)10)37(30(4)5)23-18-17-21-32(7)27-26-31(6)20-15-12-2;2*1-2/h13,17-20,22-23,25-28,32H,3-4,11-12,14-16,21,24,29H2,1-2,5-10H3;1-2H3;1-2H2/b18-17-,27-26-,31-20-,34-28-,37-23+,38-33-;;. The van der Waals surface area contributed by atoms with Crippen LogP contribution in [0.3, 0.4) is 0 Å². The molecule has 1 atom stereocenters. The number of hydrogen-bond donors (Lipinski definition) is 0. The van der Waals surface area contributed by atoms with E-state index in [4.69, 9.17) is 0 Å². The zero-order chi connectivity index (χ0) is 33.2. The molecule has 1 aromatic carbocycles. The highest BCUT2D eigenvalue weighted by Gasteiger charge is 2.10. The van der Waals surface area contributed by atoms with Crippen LogP contribution in [0.4, 0.5) is 0 Å². The van der Waals surface area contributed by atoms with Crippen LogP contribution in [0.2, 0.25) is 0 Å². The Morgan fingerprint density at radius 2 is 1.63 bits per heavy atom. The Labute approximate surface area is 269 Å². The van der Waals surface area contributed by atoms with Crippen LogP contribution in [0.15, 0.2) is 121 Å². The molecule has 0 amide bonds. The molecular formula is C43H66. The monoisotopic (exact) mass is 583 g/mol. The molecule has 238 valence electrons. The summed E-state index contributed by atoms with van der Waals surface area (Å²) in [6.45, 7) is 36.1. The minimum absolute atomic E-state index is 0.513. The maximum Gasteiger partial charge on any atom is -0.00888 e. The van der Waals surface area contributed by atoms with E-state index in [1.807, 2.05) is 19.9 Å². The summed E-state index contributed by atoms with van der Waals surface area (Å²) in [7, 11) is 0. The van der Waals surface area contributed by atoms with Crippen LogP contribution in [0.25, 0.3) is 5.57 Å². The van der Waals surface area contributed by atoms with Crippen LogP contribution in [0.1, 0.15) is 124 Å². The van der Waals surface area contributed by atoms with Gasteiger partial charge in [-0.05, 0) is 106 Å². The molecule has 1 rings (SSSR count). The topological polar surface area (TPSA) is 0 Å². The third kappa shape index (κ3) is 17.6. The van der Waals surface area contributed by atoms with Gasteiger partial charge in [-0.2, -0.15) is 0 Å². The van der Waals surface area contributed by atoms with Gasteiger partial charge in [0.15, 0.2) is 0 Å². The number of unbranched alkanes of at least 4 members (excludes halogenated alkanes) is 3. The van der Waals surface area contributed by atoms with E-state index in [-0.39, 0.29) is 0 Å². The van der Waals surface area contributed by atoms with Crippen LogP contribution in [0, 0.1) is 12.8 Å². The fourth-order valence-electron chi connectivity index (χ4n) is 4.72. The lowest BCUT2D eigenvalue weighted by Crippen LogP contribution is -1.97. The van der Waals surface area contributed by atoms with Gasteiger partial charge in [0.1, 0.15) is 0 Å². The zero-order valence-corrected chi connectivity index (χ0v) is 29.9. The average Bonchev–Trinajstić information content (AvgIpc) is 3.02. The summed E-state index contributed by atoms with van der Waals surface area (Å²) < 4.78 is 0. The predicted molar refractivity (Wildman–Crippen MR) is 202 cm³/mol. The van der Waals surface area contributed by atoms with Gasteiger partial charge >= 0.3 is 0 Å². The quantitative estimate of drug-likeness (QED) is 0.0973. The third-order valence-corrected chi connectivity index (χ3v) is 7.46. The van der Waals surface area contributed by atoms with Crippen molar-refractivity contribution < 1.29 is 0 Å². The van der Waals surface area contributed by atoms with Crippen molar-refractivity contribution in [2.75, 3.05) is 0 Å². The molecule has 0 nitrogen and oxygen atoms in total. The molecule has 0 heteroatoms. The van der Waals surface area contributed by atoms with Gasteiger partial charge in [0.2, 0.25) is 0 Å². The number of hydrogen-bond acceptors (Lipinski definition) is 0. The van der Waals surface area contributed by atoms with Gasteiger partial charge in [-0.1, -0.05) is 151 Å². The minimum Gasteiger partial charge on any atom is -0.106 e. The van der Waals surface area contributed by atoms with E-state index in [9.17, 15) is 0 Å². The highest BCUT2D eigenvalue weighted by molar-refractivity contribution is 5.81. The van der Waals surface area contributed by atoms with Crippen LogP contribution < -0.4 is 0 Å². The Hall–Kier alpha value is -3.12. The Balaban J connectivity index is 0. The maximum atomic E-state index is 4.30. The Morgan fingerprint density at radius 1 is 0.953 bits per heavy atom. The van der Waals surface area contributed by atoms with Gasteiger partial charge < -0.3 is 0 Å². The lowest BCUT2D eigenvalue weighted by molar-refractivity contribution is 0.713. The summed E-state index contributed by atoms with van der Waals surface area (Å²) in [5, 5.41) is 0. The van der Waals surface area contributed by atoms with E-state index in [2.05, 4.69) is 142 Å². The van der Waals surface area contributed by atoms with Gasteiger partial charge in [-0.25, -0.2) is 0 Å². The Kier molecular flexibility index (Phi) is 25.9. The molecule has 0 aliphatic heterocycles. The van der Waals surface area contributed by atoms with Gasteiger partial charge in [0, 0.05) is 0 Å². The van der Waals surface area contributed by atoms with E-state index in [1.165, 1.54) is 70.2 Å². The van der Waals surface area contributed by atoms with E-state index < -0.39 is 0 Å². The molecule has 0 heterocycles. The second kappa shape index (κ2) is 26.5. The molecule has 0 saturated carbocycles. The molecule has 43 heavy (non-hydrogen) atoms. The van der Waals surface area contributed by atoms with Crippen molar-refractivity contribution in [3.8, 4) is 0 Å². The van der Waals surface area contributed by atoms with Crippen LogP contribution in [-0.4, -0.2) is 0 Å². The third-order valence-electron chi connectivity index (χ3n) is 7.46. The summed E-state index contributed by atoms with van der Waals surface area (Å²) in [6, 6.07) is 6.69. The number of benzene rings is 1. The molecule has 0 saturated heterocycles. The number of allylic oxidation sites excluding steroid dienone is 14. The fraction of sp³-hybridized carbons (Fsp3) is 0.442. The second-order valence-corrected chi connectivity index (χ2v) is 11.1. The smallest absolute Gasteiger partial charge is 0.00888 e. The van der Waals surface area contributed by atoms with Crippen LogP contribution in [0.5, 0.6) is 0 Å². The molecule has 1 aromatic rings. The van der Waals surface area contributed by atoms with Gasteiger partial charge in [0.05, 0.1) is 0 Å². The van der Waals surface area contributed by atoms with Crippen LogP contribution >= 0.6 is 0 Å². The summed E-state index contributed by atoms with van der Waals surface area (Å²) in [5.74, 6) is 0.513. The molecule has 0 radical (unpaired) electrons.